The Morgan fingerprint density at radius 2 is 2.00 bits per heavy atom. The number of likely N-dealkylation sites (tertiary alicyclic amines) is 1. The molecule has 2 heterocycles. The van der Waals surface area contributed by atoms with Gasteiger partial charge in [-0.3, -0.25) is 14.7 Å². The molecule has 3 aromatic rings. The van der Waals surface area contributed by atoms with Crippen LogP contribution in [0.2, 0.25) is 0 Å². The summed E-state index contributed by atoms with van der Waals surface area (Å²) in [7, 11) is 0. The quantitative estimate of drug-likeness (QED) is 0.549. The smallest absolute Gasteiger partial charge is 0.256 e. The molecule has 1 aliphatic heterocycles. The van der Waals surface area contributed by atoms with Gasteiger partial charge >= 0.3 is 0 Å². The molecule has 0 bridgehead atoms. The second-order valence-electron chi connectivity index (χ2n) is 7.55. The molecule has 4 rings (SSSR count). The summed E-state index contributed by atoms with van der Waals surface area (Å²) in [6.07, 6.45) is 5.79. The zero-order valence-electron chi connectivity index (χ0n) is 16.3. The third-order valence-electron chi connectivity index (χ3n) is 5.46. The number of amides is 1. The van der Waals surface area contributed by atoms with Gasteiger partial charge in [0, 0.05) is 23.8 Å². The van der Waals surface area contributed by atoms with Crippen molar-refractivity contribution in [3.8, 4) is 0 Å². The Hall–Kier alpha value is -2.31. The molecule has 0 saturated carbocycles. The highest BCUT2D eigenvalue weighted by atomic mass is 79.9. The molecule has 1 N–H and O–H groups in total. The number of hydrogen-bond donors (Lipinski definition) is 1. The lowest BCUT2D eigenvalue weighted by Gasteiger charge is -2.26. The highest BCUT2D eigenvalue weighted by molar-refractivity contribution is 9.10. The van der Waals surface area contributed by atoms with Crippen LogP contribution >= 0.6 is 15.9 Å². The summed E-state index contributed by atoms with van der Waals surface area (Å²) in [6, 6.07) is 10.5. The molecule has 1 saturated heterocycles. The van der Waals surface area contributed by atoms with Gasteiger partial charge in [-0.05, 0) is 84.2 Å². The number of hydrogen-bond acceptors (Lipinski definition) is 3. The molecule has 150 valence electrons. The van der Waals surface area contributed by atoms with Gasteiger partial charge in [-0.25, -0.2) is 4.39 Å². The SMILES string of the molecule is Cc1c(NC(=O)c2cccc(F)c2Br)ccc2cc(CN3CCCCC3)cnc12. The Balaban J connectivity index is 1.56. The number of anilines is 1. The number of nitrogens with one attached hydrogen (secondary N) is 1. The third-order valence-corrected chi connectivity index (χ3v) is 6.27. The molecule has 29 heavy (non-hydrogen) atoms. The Labute approximate surface area is 178 Å². The number of piperidine rings is 1. The Morgan fingerprint density at radius 3 is 2.79 bits per heavy atom. The fraction of sp³-hybridized carbons (Fsp3) is 0.304. The lowest BCUT2D eigenvalue weighted by atomic mass is 10.1. The minimum absolute atomic E-state index is 0.163. The van der Waals surface area contributed by atoms with E-state index in [4.69, 9.17) is 0 Å². The number of carbonyl (C=O) groups is 1. The van der Waals surface area contributed by atoms with Crippen molar-refractivity contribution in [1.29, 1.82) is 0 Å². The van der Waals surface area contributed by atoms with E-state index < -0.39 is 5.82 Å². The summed E-state index contributed by atoms with van der Waals surface area (Å²) in [5, 5.41) is 3.94. The predicted octanol–water partition coefficient (Wildman–Crippen LogP) is 5.68. The topological polar surface area (TPSA) is 45.2 Å². The standard InChI is InChI=1S/C23H23BrFN3O/c1-15-20(27-23(29)18-6-5-7-19(25)21(18)24)9-8-17-12-16(13-26-22(15)17)14-28-10-3-2-4-11-28/h5-9,12-13H,2-4,10-11,14H2,1H3,(H,27,29). The van der Waals surface area contributed by atoms with Crippen LogP contribution in [0.25, 0.3) is 10.9 Å². The normalized spacial score (nSPS) is 14.9. The van der Waals surface area contributed by atoms with Crippen molar-refractivity contribution in [2.75, 3.05) is 18.4 Å². The molecular formula is C23H23BrFN3O. The van der Waals surface area contributed by atoms with Crippen molar-refractivity contribution in [3.63, 3.8) is 0 Å². The number of aromatic nitrogens is 1. The van der Waals surface area contributed by atoms with E-state index in [9.17, 15) is 9.18 Å². The molecule has 0 spiro atoms. The summed E-state index contributed by atoms with van der Waals surface area (Å²) >= 11 is 3.15. The first kappa shape index (κ1) is 20.0. The van der Waals surface area contributed by atoms with Crippen LogP contribution in [0.15, 0.2) is 47.1 Å². The molecule has 0 radical (unpaired) electrons. The molecular weight excluding hydrogens is 433 g/mol. The largest absolute Gasteiger partial charge is 0.322 e. The van der Waals surface area contributed by atoms with Crippen molar-refractivity contribution in [1.82, 2.24) is 9.88 Å². The van der Waals surface area contributed by atoms with E-state index in [-0.39, 0.29) is 15.9 Å². The summed E-state index contributed by atoms with van der Waals surface area (Å²) in [4.78, 5) is 19.8. The molecule has 2 aromatic carbocycles. The van der Waals surface area contributed by atoms with Crippen LogP contribution in [0.3, 0.4) is 0 Å². The first-order valence-corrected chi connectivity index (χ1v) is 10.7. The van der Waals surface area contributed by atoms with Crippen molar-refractivity contribution < 1.29 is 9.18 Å². The van der Waals surface area contributed by atoms with Gasteiger partial charge in [0.1, 0.15) is 5.82 Å². The maximum atomic E-state index is 13.7. The molecule has 0 aliphatic carbocycles. The molecule has 0 unspecified atom stereocenters. The Bertz CT molecular complexity index is 1060. The van der Waals surface area contributed by atoms with Crippen LogP contribution in [0.5, 0.6) is 0 Å². The fourth-order valence-corrected chi connectivity index (χ4v) is 4.30. The first-order chi connectivity index (χ1) is 14.0. The summed E-state index contributed by atoms with van der Waals surface area (Å²) < 4.78 is 13.9. The molecule has 1 aromatic heterocycles. The highest BCUT2D eigenvalue weighted by Gasteiger charge is 2.16. The van der Waals surface area contributed by atoms with Crippen LogP contribution in [0.4, 0.5) is 10.1 Å². The zero-order valence-corrected chi connectivity index (χ0v) is 17.9. The number of benzene rings is 2. The van der Waals surface area contributed by atoms with Crippen LogP contribution in [0, 0.1) is 12.7 Å². The number of aryl methyl sites for hydroxylation is 1. The molecule has 1 aliphatic rings. The van der Waals surface area contributed by atoms with Gasteiger partial charge in [0.25, 0.3) is 5.91 Å². The number of halogens is 2. The molecule has 1 fully saturated rings. The van der Waals surface area contributed by atoms with Crippen LogP contribution < -0.4 is 5.32 Å². The van der Waals surface area contributed by atoms with Crippen molar-refractivity contribution in [2.24, 2.45) is 0 Å². The van der Waals surface area contributed by atoms with Crippen molar-refractivity contribution in [3.05, 3.63) is 69.6 Å². The molecule has 6 heteroatoms. The molecule has 1 amide bonds. The summed E-state index contributed by atoms with van der Waals surface area (Å²) in [6.45, 7) is 5.17. The number of rotatable bonds is 4. The predicted molar refractivity (Wildman–Crippen MR) is 118 cm³/mol. The lowest BCUT2D eigenvalue weighted by Crippen LogP contribution is -2.29. The van der Waals surface area contributed by atoms with Gasteiger partial charge in [0.2, 0.25) is 0 Å². The summed E-state index contributed by atoms with van der Waals surface area (Å²) in [5.74, 6) is -0.823. The molecule has 0 atom stereocenters. The van der Waals surface area contributed by atoms with E-state index in [0.717, 1.165) is 36.1 Å². The number of nitrogens with zero attached hydrogens (tertiary/aromatic N) is 2. The summed E-state index contributed by atoms with van der Waals surface area (Å²) in [5.41, 5.74) is 3.90. The average molecular weight is 456 g/mol. The average Bonchev–Trinajstić information content (AvgIpc) is 2.73. The van der Waals surface area contributed by atoms with Gasteiger partial charge in [0.15, 0.2) is 0 Å². The number of carbonyl (C=O) groups excluding carboxylic acids is 1. The number of fused-ring (bicyclic) bond motifs is 1. The van der Waals surface area contributed by atoms with E-state index in [1.807, 2.05) is 25.3 Å². The second-order valence-corrected chi connectivity index (χ2v) is 8.34. The van der Waals surface area contributed by atoms with Gasteiger partial charge in [-0.1, -0.05) is 18.6 Å². The van der Waals surface area contributed by atoms with Gasteiger partial charge in [0.05, 0.1) is 15.6 Å². The van der Waals surface area contributed by atoms with Gasteiger partial charge in [-0.15, -0.1) is 0 Å². The Kier molecular flexibility index (Phi) is 5.92. The van der Waals surface area contributed by atoms with Crippen LogP contribution in [-0.4, -0.2) is 28.9 Å². The van der Waals surface area contributed by atoms with E-state index in [1.54, 1.807) is 6.07 Å². The first-order valence-electron chi connectivity index (χ1n) is 9.89. The highest BCUT2D eigenvalue weighted by Crippen LogP contribution is 2.27. The minimum atomic E-state index is -0.462. The van der Waals surface area contributed by atoms with Crippen molar-refractivity contribution >= 4 is 38.4 Å². The lowest BCUT2D eigenvalue weighted by molar-refractivity contribution is 0.102. The van der Waals surface area contributed by atoms with E-state index >= 15 is 0 Å². The maximum Gasteiger partial charge on any atom is 0.256 e. The van der Waals surface area contributed by atoms with E-state index in [2.05, 4.69) is 37.2 Å². The Morgan fingerprint density at radius 1 is 1.21 bits per heavy atom. The van der Waals surface area contributed by atoms with Gasteiger partial charge in [-0.2, -0.15) is 0 Å². The minimum Gasteiger partial charge on any atom is -0.322 e. The monoisotopic (exact) mass is 455 g/mol. The molecule has 4 nitrogen and oxygen atoms in total. The van der Waals surface area contributed by atoms with E-state index in [1.165, 1.54) is 37.0 Å². The fourth-order valence-electron chi connectivity index (χ4n) is 3.86. The second kappa shape index (κ2) is 8.59. The maximum absolute atomic E-state index is 13.7. The van der Waals surface area contributed by atoms with Crippen LogP contribution in [-0.2, 0) is 6.54 Å². The van der Waals surface area contributed by atoms with Crippen molar-refractivity contribution in [2.45, 2.75) is 32.7 Å². The van der Waals surface area contributed by atoms with Crippen LogP contribution in [0.1, 0.15) is 40.7 Å². The zero-order chi connectivity index (χ0) is 20.4. The number of pyridine rings is 1. The van der Waals surface area contributed by atoms with Gasteiger partial charge < -0.3 is 5.32 Å². The van der Waals surface area contributed by atoms with E-state index in [0.29, 0.717) is 5.69 Å². The third kappa shape index (κ3) is 4.33.